The Morgan fingerprint density at radius 3 is 2.33 bits per heavy atom. The van der Waals surface area contributed by atoms with E-state index < -0.39 is 0 Å². The van der Waals surface area contributed by atoms with Gasteiger partial charge in [-0.3, -0.25) is 14.6 Å². The van der Waals surface area contributed by atoms with Gasteiger partial charge in [0.2, 0.25) is 5.89 Å². The number of amides is 1. The Morgan fingerprint density at radius 1 is 1.06 bits per heavy atom. The molecule has 198 valence electrons. The van der Waals surface area contributed by atoms with Gasteiger partial charge in [-0.15, -0.1) is 0 Å². The number of hydrogen-bond donors (Lipinski definition) is 1. The van der Waals surface area contributed by atoms with Crippen LogP contribution in [0.4, 0.5) is 10.1 Å². The molecule has 10 heteroatoms. The summed E-state index contributed by atoms with van der Waals surface area (Å²) >= 11 is 0. The van der Waals surface area contributed by atoms with Crippen molar-refractivity contribution in [2.45, 2.75) is 32.5 Å². The first-order valence-electron chi connectivity index (χ1n) is 12.9. The lowest BCUT2D eigenvalue weighted by atomic mass is 10.2. The molecule has 2 aliphatic rings. The number of aromatic nitrogens is 1. The van der Waals surface area contributed by atoms with Gasteiger partial charge in [0.05, 0.1) is 12.6 Å². The number of piperazine rings is 2. The van der Waals surface area contributed by atoms with Gasteiger partial charge < -0.3 is 24.2 Å². The zero-order valence-electron chi connectivity index (χ0n) is 21.6. The zero-order chi connectivity index (χ0) is 25.7. The van der Waals surface area contributed by atoms with Crippen molar-refractivity contribution >= 4 is 11.6 Å². The van der Waals surface area contributed by atoms with E-state index in [1.165, 1.54) is 18.4 Å². The van der Waals surface area contributed by atoms with Crippen LogP contribution < -0.4 is 4.90 Å². The van der Waals surface area contributed by atoms with E-state index in [1.54, 1.807) is 17.0 Å². The van der Waals surface area contributed by atoms with Gasteiger partial charge in [0.25, 0.3) is 5.91 Å². The van der Waals surface area contributed by atoms with E-state index in [-0.39, 0.29) is 17.8 Å². The van der Waals surface area contributed by atoms with Gasteiger partial charge in [-0.25, -0.2) is 9.37 Å². The molecule has 0 bridgehead atoms. The first-order chi connectivity index (χ1) is 17.3. The smallest absolute Gasteiger partial charge is 0.275 e. The van der Waals surface area contributed by atoms with Crippen LogP contribution >= 0.6 is 0 Å². The van der Waals surface area contributed by atoms with Gasteiger partial charge in [0.15, 0.2) is 5.69 Å². The lowest BCUT2D eigenvalue weighted by Crippen LogP contribution is -2.49. The van der Waals surface area contributed by atoms with Crippen LogP contribution in [-0.2, 0) is 6.54 Å². The first kappa shape index (κ1) is 26.5. The Kier molecular flexibility index (Phi) is 8.95. The second-order valence-corrected chi connectivity index (χ2v) is 10.1. The molecule has 0 aliphatic carbocycles. The van der Waals surface area contributed by atoms with Crippen LogP contribution in [0.5, 0.6) is 0 Å². The summed E-state index contributed by atoms with van der Waals surface area (Å²) in [5, 5.41) is 10.4. The number of hydrogen-bond acceptors (Lipinski definition) is 8. The second-order valence-electron chi connectivity index (χ2n) is 10.1. The molecule has 36 heavy (non-hydrogen) atoms. The lowest BCUT2D eigenvalue weighted by molar-refractivity contribution is 0.0469. The van der Waals surface area contributed by atoms with Gasteiger partial charge >= 0.3 is 0 Å². The summed E-state index contributed by atoms with van der Waals surface area (Å²) in [6.07, 6.45) is 1.10. The molecule has 2 saturated heterocycles. The Bertz CT molecular complexity index is 968. The highest BCUT2D eigenvalue weighted by atomic mass is 19.1. The normalized spacial score (nSPS) is 18.9. The Morgan fingerprint density at radius 2 is 1.69 bits per heavy atom. The fourth-order valence-corrected chi connectivity index (χ4v) is 4.68. The minimum atomic E-state index is -0.359. The number of anilines is 1. The number of aliphatic hydroxyl groups excluding tert-OH is 1. The molecule has 1 atom stereocenters. The predicted octanol–water partition coefficient (Wildman–Crippen LogP) is 1.59. The molecule has 9 nitrogen and oxygen atoms in total. The van der Waals surface area contributed by atoms with E-state index in [2.05, 4.69) is 38.4 Å². The number of rotatable bonds is 9. The number of likely N-dealkylation sites (N-methyl/N-ethyl adjacent to an activating group) is 1. The van der Waals surface area contributed by atoms with E-state index in [0.717, 1.165) is 31.9 Å². The third kappa shape index (κ3) is 7.03. The van der Waals surface area contributed by atoms with E-state index in [4.69, 9.17) is 4.42 Å². The molecule has 4 rings (SSSR count). The number of oxazole rings is 1. The Labute approximate surface area is 213 Å². The quantitative estimate of drug-likeness (QED) is 0.554. The number of aliphatic hydroxyl groups is 1. The Balaban J connectivity index is 1.20. The maximum absolute atomic E-state index is 13.2. The fraction of sp³-hybridized carbons (Fsp3) is 0.615. The molecule has 1 amide bonds. The third-order valence-electron chi connectivity index (χ3n) is 7.20. The van der Waals surface area contributed by atoms with Crippen molar-refractivity contribution in [3.63, 3.8) is 0 Å². The monoisotopic (exact) mass is 502 g/mol. The van der Waals surface area contributed by atoms with Crippen LogP contribution in [0, 0.1) is 5.82 Å². The maximum atomic E-state index is 13.2. The number of nitrogens with zero attached hydrogens (tertiary/aromatic N) is 6. The summed E-state index contributed by atoms with van der Waals surface area (Å²) in [6.45, 7) is 12.2. The van der Waals surface area contributed by atoms with Crippen molar-refractivity contribution in [1.82, 2.24) is 24.6 Å². The van der Waals surface area contributed by atoms with Crippen molar-refractivity contribution < 1.29 is 18.7 Å². The summed E-state index contributed by atoms with van der Waals surface area (Å²) in [6, 6.07) is 6.87. The number of carbonyl (C=O) groups is 1. The molecule has 0 saturated carbocycles. The molecule has 1 aromatic heterocycles. The third-order valence-corrected chi connectivity index (χ3v) is 7.20. The minimum Gasteiger partial charge on any atom is -0.447 e. The molecule has 1 aromatic carbocycles. The van der Waals surface area contributed by atoms with E-state index >= 15 is 0 Å². The lowest BCUT2D eigenvalue weighted by Gasteiger charge is -2.36. The summed E-state index contributed by atoms with van der Waals surface area (Å²) in [4.78, 5) is 28.1. The molecule has 3 heterocycles. The van der Waals surface area contributed by atoms with Crippen LogP contribution in [0.15, 0.2) is 34.9 Å². The van der Waals surface area contributed by atoms with Gasteiger partial charge in [0, 0.05) is 77.2 Å². The topological polar surface area (TPSA) is 79.5 Å². The molecule has 0 spiro atoms. The van der Waals surface area contributed by atoms with Gasteiger partial charge in [-0.1, -0.05) is 0 Å². The van der Waals surface area contributed by atoms with Crippen LogP contribution in [0.3, 0.4) is 0 Å². The van der Waals surface area contributed by atoms with Gasteiger partial charge in [0.1, 0.15) is 12.1 Å². The Hall–Kier alpha value is -2.53. The SMILES string of the molecule is CC(C)N(C)C[C@H](O)CN1CCN(Cc2nc(C(=O)N3CCN(c4ccc(F)cc4)CC3)co2)CC1. The second kappa shape index (κ2) is 12.1. The summed E-state index contributed by atoms with van der Waals surface area (Å²) in [5.74, 6) is 0.185. The van der Waals surface area contributed by atoms with Gasteiger partial charge in [-0.05, 0) is 45.2 Å². The standard InChI is InChI=1S/C26H39FN6O3/c1-20(2)29(3)16-23(34)17-30-8-10-31(11-9-30)18-25-28-24(19-36-25)26(35)33-14-12-32(13-15-33)22-6-4-21(27)5-7-22/h4-7,19-20,23,34H,8-18H2,1-3H3/t23-/m0/s1. The highest BCUT2D eigenvalue weighted by molar-refractivity contribution is 5.92. The first-order valence-corrected chi connectivity index (χ1v) is 12.9. The fourth-order valence-electron chi connectivity index (χ4n) is 4.68. The largest absolute Gasteiger partial charge is 0.447 e. The van der Waals surface area contributed by atoms with Crippen molar-refractivity contribution in [2.24, 2.45) is 0 Å². The molecule has 0 radical (unpaired) electrons. The summed E-state index contributed by atoms with van der Waals surface area (Å²) in [7, 11) is 2.04. The number of β-amino-alcohol motifs (C(OH)–C–C–N with tert-alkyl or cyclic N) is 1. The maximum Gasteiger partial charge on any atom is 0.275 e. The molecular weight excluding hydrogens is 463 g/mol. The average Bonchev–Trinajstić information content (AvgIpc) is 3.33. The van der Waals surface area contributed by atoms with Crippen molar-refractivity contribution in [2.75, 3.05) is 77.4 Å². The van der Waals surface area contributed by atoms with E-state index in [0.29, 0.717) is 63.4 Å². The average molecular weight is 503 g/mol. The number of carbonyl (C=O) groups excluding carboxylic acids is 1. The van der Waals surface area contributed by atoms with Crippen molar-refractivity contribution in [1.29, 1.82) is 0 Å². The van der Waals surface area contributed by atoms with Gasteiger partial charge in [-0.2, -0.15) is 0 Å². The predicted molar refractivity (Wildman–Crippen MR) is 137 cm³/mol. The van der Waals surface area contributed by atoms with E-state index in [9.17, 15) is 14.3 Å². The van der Waals surface area contributed by atoms with Crippen LogP contribution in [0.2, 0.25) is 0 Å². The zero-order valence-corrected chi connectivity index (χ0v) is 21.6. The molecule has 2 aliphatic heterocycles. The van der Waals surface area contributed by atoms with Crippen molar-refractivity contribution in [3.8, 4) is 0 Å². The van der Waals surface area contributed by atoms with Crippen molar-refractivity contribution in [3.05, 3.63) is 47.9 Å². The summed E-state index contributed by atoms with van der Waals surface area (Å²) < 4.78 is 18.8. The van der Waals surface area contributed by atoms with Crippen LogP contribution in [0.1, 0.15) is 30.2 Å². The number of halogens is 1. The van der Waals surface area contributed by atoms with E-state index in [1.807, 2.05) is 7.05 Å². The van der Waals surface area contributed by atoms with Crippen LogP contribution in [0.25, 0.3) is 0 Å². The molecular formula is C26H39FN6O3. The molecule has 2 aromatic rings. The minimum absolute atomic E-state index is 0.117. The molecule has 0 unspecified atom stereocenters. The number of benzene rings is 1. The van der Waals surface area contributed by atoms with Crippen LogP contribution in [-0.4, -0.2) is 120 Å². The highest BCUT2D eigenvalue weighted by Crippen LogP contribution is 2.18. The highest BCUT2D eigenvalue weighted by Gasteiger charge is 2.26. The summed E-state index contributed by atoms with van der Waals surface area (Å²) in [5.41, 5.74) is 1.31. The molecule has 1 N–H and O–H groups in total. The molecule has 2 fully saturated rings.